The molecule has 2 atom stereocenters. The van der Waals surface area contributed by atoms with Crippen LogP contribution >= 0.6 is 0 Å². The average Bonchev–Trinajstić information content (AvgIpc) is 3.15. The Balaban J connectivity index is 1.96. The summed E-state index contributed by atoms with van der Waals surface area (Å²) in [6.45, 7) is 2.31. The monoisotopic (exact) mass is 254 g/mol. The van der Waals surface area contributed by atoms with Crippen LogP contribution in [0.3, 0.4) is 0 Å². The van der Waals surface area contributed by atoms with Gasteiger partial charge in [0, 0.05) is 24.0 Å². The Morgan fingerprint density at radius 1 is 1.32 bits per heavy atom. The highest BCUT2D eigenvalue weighted by Crippen LogP contribution is 2.41. The lowest BCUT2D eigenvalue weighted by Crippen LogP contribution is -2.08. The Bertz CT molecular complexity index is 724. The first-order chi connectivity index (χ1) is 9.38. The number of aromatic nitrogens is 4. The summed E-state index contributed by atoms with van der Waals surface area (Å²) in [5.74, 6) is 1.46. The first-order valence-electron chi connectivity index (χ1n) is 7.18. The number of imidazole rings is 1. The minimum absolute atomic E-state index is 0.653. The van der Waals surface area contributed by atoms with Gasteiger partial charge in [0.15, 0.2) is 11.3 Å². The van der Waals surface area contributed by atoms with Crippen molar-refractivity contribution in [3.05, 3.63) is 30.4 Å². The molecule has 1 aliphatic carbocycles. The van der Waals surface area contributed by atoms with E-state index in [1.807, 2.05) is 12.4 Å². The van der Waals surface area contributed by atoms with Crippen LogP contribution in [-0.2, 0) is 0 Å². The largest absolute Gasteiger partial charge is 0.345 e. The Labute approximate surface area is 111 Å². The summed E-state index contributed by atoms with van der Waals surface area (Å²) in [4.78, 5) is 12.1. The lowest BCUT2D eigenvalue weighted by molar-refractivity contribution is 0.461. The Hall–Kier alpha value is -1.84. The van der Waals surface area contributed by atoms with E-state index in [0.717, 1.165) is 22.7 Å². The van der Waals surface area contributed by atoms with E-state index in [0.29, 0.717) is 5.92 Å². The first-order valence-corrected chi connectivity index (χ1v) is 7.18. The molecule has 4 rings (SSSR count). The molecule has 2 unspecified atom stereocenters. The summed E-state index contributed by atoms with van der Waals surface area (Å²) in [5.41, 5.74) is 4.42. The molecular weight excluding hydrogens is 236 g/mol. The second kappa shape index (κ2) is 4.08. The van der Waals surface area contributed by atoms with Crippen molar-refractivity contribution in [2.45, 2.75) is 38.5 Å². The fourth-order valence-corrected chi connectivity index (χ4v) is 3.67. The summed E-state index contributed by atoms with van der Waals surface area (Å²) in [6, 6.07) is 2.09. The number of nitrogens with zero attached hydrogens (tertiary/aromatic N) is 3. The summed E-state index contributed by atoms with van der Waals surface area (Å²) < 4.78 is 2.29. The van der Waals surface area contributed by atoms with E-state index in [2.05, 4.69) is 38.5 Å². The quantitative estimate of drug-likeness (QED) is 0.760. The Kier molecular flexibility index (Phi) is 2.37. The standard InChI is InChI=1S/C15H18N4/c1-2-10-4-3-5-11(10)13-8-17-14-9-18-15-12(19(13)14)6-7-16-15/h6-11,16H,2-5H2,1H3. The van der Waals surface area contributed by atoms with Gasteiger partial charge in [0.05, 0.1) is 11.7 Å². The van der Waals surface area contributed by atoms with E-state index < -0.39 is 0 Å². The number of aromatic amines is 1. The predicted octanol–water partition coefficient (Wildman–Crippen LogP) is 3.50. The van der Waals surface area contributed by atoms with Gasteiger partial charge in [-0.05, 0) is 24.8 Å². The van der Waals surface area contributed by atoms with Crippen molar-refractivity contribution in [1.82, 2.24) is 19.4 Å². The first kappa shape index (κ1) is 11.0. The molecule has 0 aliphatic heterocycles. The third-order valence-electron chi connectivity index (χ3n) is 4.63. The van der Waals surface area contributed by atoms with Gasteiger partial charge in [0.2, 0.25) is 0 Å². The molecule has 0 bridgehead atoms. The van der Waals surface area contributed by atoms with E-state index in [9.17, 15) is 0 Å². The third kappa shape index (κ3) is 1.52. The lowest BCUT2D eigenvalue weighted by atomic mass is 9.91. The van der Waals surface area contributed by atoms with Gasteiger partial charge in [-0.15, -0.1) is 0 Å². The smallest absolute Gasteiger partial charge is 0.156 e. The van der Waals surface area contributed by atoms with Crippen LogP contribution in [0.15, 0.2) is 24.7 Å². The summed E-state index contributed by atoms with van der Waals surface area (Å²) in [5, 5.41) is 0. The minimum atomic E-state index is 0.653. The van der Waals surface area contributed by atoms with Crippen molar-refractivity contribution in [3.63, 3.8) is 0 Å². The van der Waals surface area contributed by atoms with Crippen LogP contribution in [0.1, 0.15) is 44.2 Å². The average molecular weight is 254 g/mol. The van der Waals surface area contributed by atoms with Crippen molar-refractivity contribution in [1.29, 1.82) is 0 Å². The van der Waals surface area contributed by atoms with Gasteiger partial charge in [0.1, 0.15) is 0 Å². The molecule has 19 heavy (non-hydrogen) atoms. The molecule has 0 radical (unpaired) electrons. The lowest BCUT2D eigenvalue weighted by Gasteiger charge is -2.17. The van der Waals surface area contributed by atoms with E-state index >= 15 is 0 Å². The summed E-state index contributed by atoms with van der Waals surface area (Å²) >= 11 is 0. The number of fused-ring (bicyclic) bond motifs is 3. The van der Waals surface area contributed by atoms with Crippen molar-refractivity contribution in [2.75, 3.05) is 0 Å². The van der Waals surface area contributed by atoms with Crippen molar-refractivity contribution in [3.8, 4) is 0 Å². The van der Waals surface area contributed by atoms with E-state index in [4.69, 9.17) is 0 Å². The number of rotatable bonds is 2. The highest BCUT2D eigenvalue weighted by atomic mass is 15.1. The topological polar surface area (TPSA) is 46.0 Å². The third-order valence-corrected chi connectivity index (χ3v) is 4.63. The maximum Gasteiger partial charge on any atom is 0.156 e. The van der Waals surface area contributed by atoms with Gasteiger partial charge in [-0.1, -0.05) is 19.8 Å². The molecule has 0 saturated heterocycles. The fourth-order valence-electron chi connectivity index (χ4n) is 3.67. The van der Waals surface area contributed by atoms with Gasteiger partial charge in [-0.3, -0.25) is 4.40 Å². The van der Waals surface area contributed by atoms with E-state index in [-0.39, 0.29) is 0 Å². The number of hydrogen-bond donors (Lipinski definition) is 1. The van der Waals surface area contributed by atoms with E-state index in [1.165, 1.54) is 31.4 Å². The Morgan fingerprint density at radius 2 is 2.26 bits per heavy atom. The molecular formula is C15H18N4. The zero-order chi connectivity index (χ0) is 12.8. The molecule has 4 heteroatoms. The number of nitrogens with one attached hydrogen (secondary N) is 1. The summed E-state index contributed by atoms with van der Waals surface area (Å²) in [7, 11) is 0. The van der Waals surface area contributed by atoms with Gasteiger partial charge in [-0.2, -0.15) is 0 Å². The van der Waals surface area contributed by atoms with Crippen LogP contribution in [0, 0.1) is 5.92 Å². The highest BCUT2D eigenvalue weighted by molar-refractivity contribution is 5.74. The van der Waals surface area contributed by atoms with Crippen LogP contribution < -0.4 is 0 Å². The van der Waals surface area contributed by atoms with Gasteiger partial charge < -0.3 is 4.98 Å². The number of hydrogen-bond acceptors (Lipinski definition) is 2. The van der Waals surface area contributed by atoms with Crippen LogP contribution in [-0.4, -0.2) is 19.4 Å². The molecule has 1 N–H and O–H groups in total. The highest BCUT2D eigenvalue weighted by Gasteiger charge is 2.29. The van der Waals surface area contributed by atoms with Crippen LogP contribution in [0.2, 0.25) is 0 Å². The minimum Gasteiger partial charge on any atom is -0.345 e. The van der Waals surface area contributed by atoms with Gasteiger partial charge >= 0.3 is 0 Å². The molecule has 1 saturated carbocycles. The normalized spacial score (nSPS) is 23.6. The number of H-pyrrole nitrogens is 1. The molecule has 0 aromatic carbocycles. The molecule has 0 spiro atoms. The molecule has 1 aliphatic rings. The molecule has 3 heterocycles. The molecule has 3 aromatic rings. The predicted molar refractivity (Wildman–Crippen MR) is 75.2 cm³/mol. The zero-order valence-electron chi connectivity index (χ0n) is 11.1. The summed E-state index contributed by atoms with van der Waals surface area (Å²) in [6.07, 6.45) is 11.1. The molecule has 1 fully saturated rings. The van der Waals surface area contributed by atoms with Crippen molar-refractivity contribution < 1.29 is 0 Å². The van der Waals surface area contributed by atoms with Crippen molar-refractivity contribution >= 4 is 16.8 Å². The Morgan fingerprint density at radius 3 is 3.16 bits per heavy atom. The van der Waals surface area contributed by atoms with Gasteiger partial charge in [-0.25, -0.2) is 9.97 Å². The van der Waals surface area contributed by atoms with E-state index in [1.54, 1.807) is 0 Å². The van der Waals surface area contributed by atoms with Crippen LogP contribution in [0.4, 0.5) is 0 Å². The second-order valence-corrected chi connectivity index (χ2v) is 5.55. The molecule has 0 amide bonds. The maximum absolute atomic E-state index is 4.55. The van der Waals surface area contributed by atoms with Crippen molar-refractivity contribution in [2.24, 2.45) is 5.92 Å². The molecule has 4 nitrogen and oxygen atoms in total. The fraction of sp³-hybridized carbons (Fsp3) is 0.467. The van der Waals surface area contributed by atoms with Crippen LogP contribution in [0.5, 0.6) is 0 Å². The molecule has 98 valence electrons. The van der Waals surface area contributed by atoms with Crippen LogP contribution in [0.25, 0.3) is 16.8 Å². The molecule has 3 aromatic heterocycles. The second-order valence-electron chi connectivity index (χ2n) is 5.55. The van der Waals surface area contributed by atoms with Gasteiger partial charge in [0.25, 0.3) is 0 Å². The maximum atomic E-state index is 4.55. The SMILES string of the molecule is CCC1CCCC1c1cnc2cnc3[nH]ccc3n12. The zero-order valence-corrected chi connectivity index (χ0v) is 11.1.